The molecule has 8 heteroatoms. The Morgan fingerprint density at radius 2 is 1.66 bits per heavy atom. The van der Waals surface area contributed by atoms with Crippen LogP contribution < -0.4 is 9.47 Å². The first-order valence-corrected chi connectivity index (χ1v) is 9.66. The maximum atomic E-state index is 13.2. The van der Waals surface area contributed by atoms with Crippen LogP contribution in [0, 0.1) is 5.82 Å². The summed E-state index contributed by atoms with van der Waals surface area (Å²) in [7, 11) is 1.52. The molecule has 1 fully saturated rings. The average molecular weight is 421 g/mol. The van der Waals surface area contributed by atoms with E-state index >= 15 is 0 Å². The van der Waals surface area contributed by atoms with Crippen LogP contribution in [-0.4, -0.2) is 61.5 Å². The number of methoxy groups -OCH3 is 1. The minimum absolute atomic E-state index is 0.0787. The van der Waals surface area contributed by atoms with Gasteiger partial charge in [0.25, 0.3) is 11.8 Å². The van der Waals surface area contributed by atoms with Crippen molar-refractivity contribution in [2.45, 2.75) is 6.92 Å². The first-order valence-electron chi connectivity index (χ1n) is 9.29. The van der Waals surface area contributed by atoms with Crippen molar-refractivity contribution >= 4 is 23.4 Å². The van der Waals surface area contributed by atoms with Gasteiger partial charge in [-0.1, -0.05) is 11.6 Å². The van der Waals surface area contributed by atoms with Crippen molar-refractivity contribution in [3.05, 3.63) is 58.4 Å². The van der Waals surface area contributed by atoms with Gasteiger partial charge in [0.15, 0.2) is 11.5 Å². The van der Waals surface area contributed by atoms with Gasteiger partial charge >= 0.3 is 0 Å². The zero-order valence-electron chi connectivity index (χ0n) is 16.3. The summed E-state index contributed by atoms with van der Waals surface area (Å²) in [5.74, 6) is 0.173. The fourth-order valence-corrected chi connectivity index (χ4v) is 3.45. The van der Waals surface area contributed by atoms with Crippen LogP contribution in [0.1, 0.15) is 27.6 Å². The van der Waals surface area contributed by atoms with E-state index in [1.165, 1.54) is 19.2 Å². The Morgan fingerprint density at radius 1 is 1.00 bits per heavy atom. The normalized spacial score (nSPS) is 13.9. The Kier molecular flexibility index (Phi) is 6.59. The van der Waals surface area contributed by atoms with Gasteiger partial charge in [-0.25, -0.2) is 4.39 Å². The van der Waals surface area contributed by atoms with Gasteiger partial charge in [0.05, 0.1) is 24.3 Å². The molecule has 6 nitrogen and oxygen atoms in total. The Balaban J connectivity index is 1.65. The minimum Gasteiger partial charge on any atom is -0.493 e. The second-order valence-electron chi connectivity index (χ2n) is 6.51. The van der Waals surface area contributed by atoms with Crippen LogP contribution in [0.2, 0.25) is 5.02 Å². The maximum Gasteiger partial charge on any atom is 0.255 e. The molecule has 154 valence electrons. The summed E-state index contributed by atoms with van der Waals surface area (Å²) in [6.45, 7) is 3.88. The molecule has 0 atom stereocenters. The lowest BCUT2D eigenvalue weighted by Crippen LogP contribution is -2.50. The van der Waals surface area contributed by atoms with Gasteiger partial charge in [0.1, 0.15) is 5.82 Å². The number of hydrogen-bond acceptors (Lipinski definition) is 4. The molecule has 3 rings (SSSR count). The number of ether oxygens (including phenoxy) is 2. The van der Waals surface area contributed by atoms with E-state index < -0.39 is 5.82 Å². The second kappa shape index (κ2) is 9.13. The molecule has 2 aromatic rings. The standard InChI is InChI=1S/C21H22ClFN2O4/c1-3-29-18-7-4-14(12-19(18)28-2)20(26)24-8-10-25(11-9-24)21(27)16-6-5-15(23)13-17(16)22/h4-7,12-13H,3,8-11H2,1-2H3. The van der Waals surface area contributed by atoms with Crippen LogP contribution >= 0.6 is 11.6 Å². The molecule has 2 amide bonds. The Bertz CT molecular complexity index is 914. The summed E-state index contributed by atoms with van der Waals surface area (Å²) in [6, 6.07) is 8.77. The van der Waals surface area contributed by atoms with Crippen LogP contribution in [0.5, 0.6) is 11.5 Å². The summed E-state index contributed by atoms with van der Waals surface area (Å²) in [5, 5.41) is 0.0787. The van der Waals surface area contributed by atoms with E-state index in [4.69, 9.17) is 21.1 Å². The molecule has 0 N–H and O–H groups in total. The molecule has 0 aliphatic carbocycles. The summed E-state index contributed by atoms with van der Waals surface area (Å²) in [4.78, 5) is 28.8. The number of halogens is 2. The number of carbonyl (C=O) groups excluding carboxylic acids is 2. The molecule has 0 unspecified atom stereocenters. The van der Waals surface area contributed by atoms with Crippen molar-refractivity contribution < 1.29 is 23.5 Å². The third-order valence-corrected chi connectivity index (χ3v) is 5.04. The molecule has 0 saturated carbocycles. The third-order valence-electron chi connectivity index (χ3n) is 4.73. The Labute approximate surface area is 173 Å². The predicted octanol–water partition coefficient (Wildman–Crippen LogP) is 3.48. The molecule has 1 saturated heterocycles. The molecule has 29 heavy (non-hydrogen) atoms. The van der Waals surface area contributed by atoms with Crippen molar-refractivity contribution in [2.24, 2.45) is 0 Å². The summed E-state index contributed by atoms with van der Waals surface area (Å²) >= 11 is 5.99. The molecule has 2 aromatic carbocycles. The van der Waals surface area contributed by atoms with Crippen molar-refractivity contribution in [3.8, 4) is 11.5 Å². The van der Waals surface area contributed by atoms with Gasteiger partial charge < -0.3 is 19.3 Å². The molecule has 0 radical (unpaired) electrons. The lowest BCUT2D eigenvalue weighted by atomic mass is 10.1. The van der Waals surface area contributed by atoms with Gasteiger partial charge in [-0.2, -0.15) is 0 Å². The van der Waals surface area contributed by atoms with Gasteiger partial charge in [-0.3, -0.25) is 9.59 Å². The first-order chi connectivity index (χ1) is 13.9. The number of nitrogens with zero attached hydrogens (tertiary/aromatic N) is 2. The van der Waals surface area contributed by atoms with E-state index in [1.54, 1.807) is 28.0 Å². The largest absolute Gasteiger partial charge is 0.493 e. The minimum atomic E-state index is -0.493. The van der Waals surface area contributed by atoms with Crippen LogP contribution in [-0.2, 0) is 0 Å². The van der Waals surface area contributed by atoms with Crippen LogP contribution in [0.3, 0.4) is 0 Å². The van der Waals surface area contributed by atoms with E-state index in [0.717, 1.165) is 6.07 Å². The van der Waals surface area contributed by atoms with Crippen LogP contribution in [0.25, 0.3) is 0 Å². The monoisotopic (exact) mass is 420 g/mol. The number of carbonyl (C=O) groups is 2. The Hall–Kier alpha value is -2.80. The highest BCUT2D eigenvalue weighted by Gasteiger charge is 2.27. The fourth-order valence-electron chi connectivity index (χ4n) is 3.20. The third kappa shape index (κ3) is 4.62. The van der Waals surface area contributed by atoms with Crippen molar-refractivity contribution in [3.63, 3.8) is 0 Å². The highest BCUT2D eigenvalue weighted by Crippen LogP contribution is 2.29. The van der Waals surface area contributed by atoms with Gasteiger partial charge in [0, 0.05) is 31.7 Å². The lowest BCUT2D eigenvalue weighted by molar-refractivity contribution is 0.0535. The van der Waals surface area contributed by atoms with E-state index in [2.05, 4.69) is 0 Å². The van der Waals surface area contributed by atoms with E-state index in [0.29, 0.717) is 49.8 Å². The quantitative estimate of drug-likeness (QED) is 0.743. The van der Waals surface area contributed by atoms with Crippen molar-refractivity contribution in [1.82, 2.24) is 9.80 Å². The zero-order valence-corrected chi connectivity index (χ0v) is 17.0. The summed E-state index contributed by atoms with van der Waals surface area (Å²) in [5.41, 5.74) is 0.746. The molecule has 1 aliphatic rings. The SMILES string of the molecule is CCOc1ccc(C(=O)N2CCN(C(=O)c3ccc(F)cc3Cl)CC2)cc1OC. The van der Waals surface area contributed by atoms with Crippen LogP contribution in [0.15, 0.2) is 36.4 Å². The first kappa shape index (κ1) is 20.9. The lowest BCUT2D eigenvalue weighted by Gasteiger charge is -2.35. The second-order valence-corrected chi connectivity index (χ2v) is 6.91. The number of rotatable bonds is 5. The topological polar surface area (TPSA) is 59.1 Å². The number of amides is 2. The van der Waals surface area contributed by atoms with Crippen molar-refractivity contribution in [1.29, 1.82) is 0 Å². The smallest absolute Gasteiger partial charge is 0.255 e. The summed E-state index contributed by atoms with van der Waals surface area (Å²) in [6.07, 6.45) is 0. The molecule has 0 aromatic heterocycles. The fraction of sp³-hybridized carbons (Fsp3) is 0.333. The molecular weight excluding hydrogens is 399 g/mol. The Morgan fingerprint density at radius 3 is 2.24 bits per heavy atom. The number of piperazine rings is 1. The molecule has 1 aliphatic heterocycles. The number of hydrogen-bond donors (Lipinski definition) is 0. The molecule has 0 bridgehead atoms. The van der Waals surface area contributed by atoms with E-state index in [1.807, 2.05) is 6.92 Å². The van der Waals surface area contributed by atoms with Crippen molar-refractivity contribution in [2.75, 3.05) is 39.9 Å². The molecule has 1 heterocycles. The van der Waals surface area contributed by atoms with Gasteiger partial charge in [-0.15, -0.1) is 0 Å². The van der Waals surface area contributed by atoms with E-state index in [9.17, 15) is 14.0 Å². The zero-order chi connectivity index (χ0) is 21.0. The van der Waals surface area contributed by atoms with Gasteiger partial charge in [-0.05, 0) is 43.3 Å². The van der Waals surface area contributed by atoms with Gasteiger partial charge in [0.2, 0.25) is 0 Å². The van der Waals surface area contributed by atoms with E-state index in [-0.39, 0.29) is 22.4 Å². The predicted molar refractivity (Wildman–Crippen MR) is 107 cm³/mol. The maximum absolute atomic E-state index is 13.2. The average Bonchev–Trinajstić information content (AvgIpc) is 2.73. The molecular formula is C21H22ClFN2O4. The summed E-state index contributed by atoms with van der Waals surface area (Å²) < 4.78 is 24.0. The highest BCUT2D eigenvalue weighted by molar-refractivity contribution is 6.33. The molecule has 0 spiro atoms. The van der Waals surface area contributed by atoms with Crippen LogP contribution in [0.4, 0.5) is 4.39 Å². The highest BCUT2D eigenvalue weighted by atomic mass is 35.5. The number of benzene rings is 2.